The Kier molecular flexibility index (Phi) is 3.46. The molecule has 0 rings (SSSR count). The third-order valence-electron chi connectivity index (χ3n) is 1.10. The van der Waals surface area contributed by atoms with E-state index in [0.717, 1.165) is 4.90 Å². The topological polar surface area (TPSA) is 40.6 Å². The van der Waals surface area contributed by atoms with Gasteiger partial charge in [0.25, 0.3) is 0 Å². The molecular formula is C6H12N2O2. The fraction of sp³-hybridized carbons (Fsp3) is 0.667. The lowest BCUT2D eigenvalue weighted by Crippen LogP contribution is -2.37. The first-order valence-electron chi connectivity index (χ1n) is 3.06. The lowest BCUT2D eigenvalue weighted by Gasteiger charge is -2.17. The number of urea groups is 1. The fourth-order valence-corrected chi connectivity index (χ4v) is 0.512. The highest BCUT2D eigenvalue weighted by atomic mass is 16.2. The van der Waals surface area contributed by atoms with E-state index in [1.807, 2.05) is 0 Å². The average Bonchev–Trinajstić information content (AvgIpc) is 1.90. The van der Waals surface area contributed by atoms with Crippen LogP contribution in [0.3, 0.4) is 0 Å². The minimum atomic E-state index is -0.280. The summed E-state index contributed by atoms with van der Waals surface area (Å²) in [4.78, 5) is 23.5. The summed E-state index contributed by atoms with van der Waals surface area (Å²) in [5.74, 6) is 0. The van der Waals surface area contributed by atoms with E-state index in [1.165, 1.54) is 4.90 Å². The Labute approximate surface area is 60.4 Å². The van der Waals surface area contributed by atoms with Crippen molar-refractivity contribution in [3.05, 3.63) is 0 Å². The molecule has 0 bridgehead atoms. The van der Waals surface area contributed by atoms with Crippen molar-refractivity contribution in [1.29, 1.82) is 0 Å². The highest BCUT2D eigenvalue weighted by Crippen LogP contribution is 1.88. The van der Waals surface area contributed by atoms with Gasteiger partial charge in [-0.15, -0.1) is 0 Å². The van der Waals surface area contributed by atoms with E-state index in [1.54, 1.807) is 21.0 Å². The minimum absolute atomic E-state index is 0.280. The number of hydrogen-bond donors (Lipinski definition) is 0. The van der Waals surface area contributed by atoms with Gasteiger partial charge in [0.2, 0.25) is 6.41 Å². The van der Waals surface area contributed by atoms with E-state index in [0.29, 0.717) is 13.0 Å². The van der Waals surface area contributed by atoms with Gasteiger partial charge in [-0.3, -0.25) is 9.69 Å². The average molecular weight is 144 g/mol. The molecule has 0 aromatic carbocycles. The number of nitrogens with zero attached hydrogens (tertiary/aromatic N) is 2. The van der Waals surface area contributed by atoms with Crippen LogP contribution < -0.4 is 0 Å². The molecule has 0 aliphatic heterocycles. The maximum atomic E-state index is 10.9. The molecule has 0 aliphatic rings. The van der Waals surface area contributed by atoms with Crippen molar-refractivity contribution in [2.75, 3.05) is 20.6 Å². The quantitative estimate of drug-likeness (QED) is 0.517. The van der Waals surface area contributed by atoms with Crippen molar-refractivity contribution in [3.8, 4) is 0 Å². The van der Waals surface area contributed by atoms with Crippen molar-refractivity contribution < 1.29 is 9.59 Å². The number of imide groups is 1. The third kappa shape index (κ3) is 2.05. The zero-order valence-corrected chi connectivity index (χ0v) is 6.50. The van der Waals surface area contributed by atoms with Crippen LogP contribution >= 0.6 is 0 Å². The van der Waals surface area contributed by atoms with E-state index in [4.69, 9.17) is 0 Å². The number of amides is 3. The minimum Gasteiger partial charge on any atom is -0.330 e. The van der Waals surface area contributed by atoms with Crippen LogP contribution in [-0.2, 0) is 4.79 Å². The maximum absolute atomic E-state index is 10.9. The van der Waals surface area contributed by atoms with Crippen molar-refractivity contribution in [1.82, 2.24) is 9.80 Å². The van der Waals surface area contributed by atoms with Crippen molar-refractivity contribution in [2.45, 2.75) is 6.92 Å². The molecule has 0 unspecified atom stereocenters. The molecule has 0 heterocycles. The van der Waals surface area contributed by atoms with Gasteiger partial charge < -0.3 is 4.90 Å². The molecule has 0 N–H and O–H groups in total. The molecule has 0 radical (unpaired) electrons. The smallest absolute Gasteiger partial charge is 0.325 e. The molecular weight excluding hydrogens is 132 g/mol. The molecule has 4 heteroatoms. The van der Waals surface area contributed by atoms with Gasteiger partial charge >= 0.3 is 6.03 Å². The molecule has 58 valence electrons. The summed E-state index contributed by atoms with van der Waals surface area (Å²) in [6.45, 7) is 2.16. The van der Waals surface area contributed by atoms with Gasteiger partial charge in [-0.05, 0) is 6.92 Å². The molecule has 0 aromatic rings. The second-order valence-electron chi connectivity index (χ2n) is 2.07. The zero-order valence-electron chi connectivity index (χ0n) is 6.50. The van der Waals surface area contributed by atoms with Crippen molar-refractivity contribution in [3.63, 3.8) is 0 Å². The molecule has 0 atom stereocenters. The van der Waals surface area contributed by atoms with Crippen LogP contribution in [0.4, 0.5) is 4.79 Å². The Morgan fingerprint density at radius 2 is 2.00 bits per heavy atom. The number of rotatable bonds is 2. The van der Waals surface area contributed by atoms with Gasteiger partial charge in [-0.25, -0.2) is 4.79 Å². The summed E-state index contributed by atoms with van der Waals surface area (Å²) >= 11 is 0. The van der Waals surface area contributed by atoms with Gasteiger partial charge in [0.15, 0.2) is 0 Å². The van der Waals surface area contributed by atoms with Gasteiger partial charge in [0.05, 0.1) is 0 Å². The lowest BCUT2D eigenvalue weighted by atomic mass is 10.6. The van der Waals surface area contributed by atoms with Crippen LogP contribution in [0.2, 0.25) is 0 Å². The normalized spacial score (nSPS) is 8.70. The number of carbonyl (C=O) groups excluding carboxylic acids is 2. The summed E-state index contributed by atoms with van der Waals surface area (Å²) < 4.78 is 0. The Morgan fingerprint density at radius 1 is 1.50 bits per heavy atom. The van der Waals surface area contributed by atoms with Crippen LogP contribution in [0.1, 0.15) is 6.92 Å². The van der Waals surface area contributed by atoms with Crippen LogP contribution in [0.15, 0.2) is 0 Å². The molecule has 0 aromatic heterocycles. The van der Waals surface area contributed by atoms with Gasteiger partial charge in [-0.1, -0.05) is 0 Å². The summed E-state index contributed by atoms with van der Waals surface area (Å²) in [5, 5.41) is 0. The standard InChI is InChI=1S/C6H12N2O2/c1-4-8(5-9)6(10)7(2)3/h5H,4H2,1-3H3. The van der Waals surface area contributed by atoms with Crippen molar-refractivity contribution >= 4 is 12.4 Å². The van der Waals surface area contributed by atoms with E-state index < -0.39 is 0 Å². The SMILES string of the molecule is CCN(C=O)C(=O)N(C)C. The van der Waals surface area contributed by atoms with E-state index in [2.05, 4.69) is 0 Å². The van der Waals surface area contributed by atoms with Gasteiger partial charge in [0, 0.05) is 20.6 Å². The highest BCUT2D eigenvalue weighted by Gasteiger charge is 2.10. The van der Waals surface area contributed by atoms with Crippen LogP contribution in [0, 0.1) is 0 Å². The first kappa shape index (κ1) is 8.94. The molecule has 3 amide bonds. The zero-order chi connectivity index (χ0) is 8.15. The maximum Gasteiger partial charge on any atom is 0.325 e. The highest BCUT2D eigenvalue weighted by molar-refractivity contribution is 5.84. The molecule has 0 saturated heterocycles. The lowest BCUT2D eigenvalue weighted by molar-refractivity contribution is -0.115. The Morgan fingerprint density at radius 3 is 2.10 bits per heavy atom. The molecule has 10 heavy (non-hydrogen) atoms. The molecule has 4 nitrogen and oxygen atoms in total. The van der Waals surface area contributed by atoms with Gasteiger partial charge in [0.1, 0.15) is 0 Å². The molecule has 0 fully saturated rings. The van der Waals surface area contributed by atoms with Gasteiger partial charge in [-0.2, -0.15) is 0 Å². The van der Waals surface area contributed by atoms with Crippen molar-refractivity contribution in [2.24, 2.45) is 0 Å². The summed E-state index contributed by atoms with van der Waals surface area (Å²) in [6, 6.07) is -0.280. The predicted molar refractivity (Wildman–Crippen MR) is 37.5 cm³/mol. The first-order valence-corrected chi connectivity index (χ1v) is 3.06. The number of hydrogen-bond acceptors (Lipinski definition) is 2. The number of carbonyl (C=O) groups is 2. The molecule has 0 saturated carbocycles. The van der Waals surface area contributed by atoms with E-state index >= 15 is 0 Å². The second-order valence-corrected chi connectivity index (χ2v) is 2.07. The Hall–Kier alpha value is -1.06. The summed E-state index contributed by atoms with van der Waals surface area (Å²) in [7, 11) is 3.21. The van der Waals surface area contributed by atoms with Crippen LogP contribution in [0.5, 0.6) is 0 Å². The van der Waals surface area contributed by atoms with Crippen LogP contribution in [0.25, 0.3) is 0 Å². The van der Waals surface area contributed by atoms with E-state index in [9.17, 15) is 9.59 Å². The van der Waals surface area contributed by atoms with E-state index in [-0.39, 0.29) is 6.03 Å². The summed E-state index contributed by atoms with van der Waals surface area (Å²) in [5.41, 5.74) is 0. The predicted octanol–water partition coefficient (Wildman–Crippen LogP) is 0.146. The third-order valence-corrected chi connectivity index (χ3v) is 1.10. The fourth-order valence-electron chi connectivity index (χ4n) is 0.512. The molecule has 0 spiro atoms. The summed E-state index contributed by atoms with van der Waals surface area (Å²) in [6.07, 6.45) is 0.530. The molecule has 0 aliphatic carbocycles. The Bertz CT molecular complexity index is 134. The largest absolute Gasteiger partial charge is 0.330 e. The second kappa shape index (κ2) is 3.87. The monoisotopic (exact) mass is 144 g/mol. The first-order chi connectivity index (χ1) is 4.63. The van der Waals surface area contributed by atoms with Crippen LogP contribution in [-0.4, -0.2) is 42.9 Å². The Balaban J connectivity index is 4.02.